The van der Waals surface area contributed by atoms with Crippen molar-refractivity contribution in [2.45, 2.75) is 33.6 Å². The van der Waals surface area contributed by atoms with E-state index in [1.807, 2.05) is 42.7 Å². The third-order valence-electron chi connectivity index (χ3n) is 5.90. The second-order valence-corrected chi connectivity index (χ2v) is 8.50. The summed E-state index contributed by atoms with van der Waals surface area (Å²) in [6.07, 6.45) is 2.10. The van der Waals surface area contributed by atoms with Crippen molar-refractivity contribution in [1.82, 2.24) is 20.0 Å². The molecule has 6 nitrogen and oxygen atoms in total. The molecule has 4 aromatic rings. The topological polar surface area (TPSA) is 56.1 Å². The molecule has 0 saturated carbocycles. The van der Waals surface area contributed by atoms with Crippen LogP contribution in [0.1, 0.15) is 30.3 Å². The van der Waals surface area contributed by atoms with E-state index in [2.05, 4.69) is 66.5 Å². The van der Waals surface area contributed by atoms with E-state index in [1.54, 1.807) is 0 Å². The van der Waals surface area contributed by atoms with E-state index in [-0.39, 0.29) is 0 Å². The van der Waals surface area contributed by atoms with Gasteiger partial charge in [0.2, 0.25) is 0 Å². The van der Waals surface area contributed by atoms with E-state index in [0.717, 1.165) is 52.4 Å². The van der Waals surface area contributed by atoms with Crippen molar-refractivity contribution in [3.05, 3.63) is 71.5 Å². The van der Waals surface area contributed by atoms with Gasteiger partial charge in [-0.25, -0.2) is 4.68 Å². The van der Waals surface area contributed by atoms with Gasteiger partial charge in [0.1, 0.15) is 11.3 Å². The summed E-state index contributed by atoms with van der Waals surface area (Å²) >= 11 is 0. The fraction of sp³-hybridized carbons (Fsp3) is 0.346. The molecule has 0 aliphatic carbocycles. The Morgan fingerprint density at radius 1 is 1.00 bits per heavy atom. The third-order valence-corrected chi connectivity index (χ3v) is 5.90. The highest BCUT2D eigenvalue weighted by Crippen LogP contribution is 2.29. The highest BCUT2D eigenvalue weighted by Gasteiger charge is 2.18. The Hall–Kier alpha value is -3.41. The number of rotatable bonds is 8. The minimum atomic E-state index is 0.470. The van der Waals surface area contributed by atoms with E-state index >= 15 is 0 Å². The average Bonchev–Trinajstić information content (AvgIpc) is 3.15. The van der Waals surface area contributed by atoms with Crippen molar-refractivity contribution in [3.8, 4) is 11.4 Å². The SMILES string of the molecule is CCC(COc1cccc(-n2nc3c(N(C)C)nnc(C)c3c2C)c1)Cc1ccccc1. The standard InChI is InChI=1S/C26H31N5O/c1-6-20(15-21-11-8-7-9-12-21)17-32-23-14-10-13-22(16-23)31-19(3)24-18(2)27-28-26(30(4)5)25(24)29-31/h7-14,16,20H,6,15,17H2,1-5H3. The zero-order valence-electron chi connectivity index (χ0n) is 19.5. The molecule has 166 valence electrons. The molecule has 2 aromatic carbocycles. The first kappa shape index (κ1) is 21.8. The molecule has 2 aromatic heterocycles. The number of ether oxygens (including phenoxy) is 1. The Kier molecular flexibility index (Phi) is 6.40. The van der Waals surface area contributed by atoms with Crippen LogP contribution in [0.4, 0.5) is 5.82 Å². The summed E-state index contributed by atoms with van der Waals surface area (Å²) in [7, 11) is 3.92. The minimum Gasteiger partial charge on any atom is -0.493 e. The molecule has 0 spiro atoms. The van der Waals surface area contributed by atoms with Crippen LogP contribution in [0, 0.1) is 19.8 Å². The van der Waals surface area contributed by atoms with Crippen molar-refractivity contribution in [1.29, 1.82) is 0 Å². The van der Waals surface area contributed by atoms with Crippen molar-refractivity contribution in [3.63, 3.8) is 0 Å². The van der Waals surface area contributed by atoms with Gasteiger partial charge in [-0.1, -0.05) is 43.3 Å². The highest BCUT2D eigenvalue weighted by molar-refractivity contribution is 5.92. The van der Waals surface area contributed by atoms with Gasteiger partial charge in [0.05, 0.1) is 29.1 Å². The molecule has 2 heterocycles. The first-order valence-corrected chi connectivity index (χ1v) is 11.1. The summed E-state index contributed by atoms with van der Waals surface area (Å²) in [6, 6.07) is 18.8. The molecule has 0 radical (unpaired) electrons. The van der Waals surface area contributed by atoms with E-state index in [1.165, 1.54) is 5.56 Å². The number of hydrogen-bond donors (Lipinski definition) is 0. The number of fused-ring (bicyclic) bond motifs is 1. The minimum absolute atomic E-state index is 0.470. The van der Waals surface area contributed by atoms with Crippen LogP contribution in [-0.4, -0.2) is 40.7 Å². The smallest absolute Gasteiger partial charge is 0.179 e. The number of aryl methyl sites for hydroxylation is 2. The molecule has 0 N–H and O–H groups in total. The van der Waals surface area contributed by atoms with Crippen molar-refractivity contribution in [2.75, 3.05) is 25.6 Å². The van der Waals surface area contributed by atoms with Crippen LogP contribution in [-0.2, 0) is 6.42 Å². The van der Waals surface area contributed by atoms with E-state index in [0.29, 0.717) is 12.5 Å². The Morgan fingerprint density at radius 3 is 2.50 bits per heavy atom. The van der Waals surface area contributed by atoms with Gasteiger partial charge in [-0.2, -0.15) is 10.2 Å². The van der Waals surface area contributed by atoms with Crippen LogP contribution in [0.25, 0.3) is 16.6 Å². The maximum absolute atomic E-state index is 6.22. The molecule has 0 fully saturated rings. The summed E-state index contributed by atoms with van der Waals surface area (Å²) in [5.74, 6) is 2.10. The van der Waals surface area contributed by atoms with Gasteiger partial charge in [0.25, 0.3) is 0 Å². The number of aromatic nitrogens is 4. The van der Waals surface area contributed by atoms with Crippen LogP contribution in [0.2, 0.25) is 0 Å². The first-order valence-electron chi connectivity index (χ1n) is 11.1. The molecule has 6 heteroatoms. The predicted octanol–water partition coefficient (Wildman–Crippen LogP) is 5.15. The monoisotopic (exact) mass is 429 g/mol. The fourth-order valence-corrected chi connectivity index (χ4v) is 4.05. The molecule has 4 rings (SSSR count). The maximum atomic E-state index is 6.22. The van der Waals surface area contributed by atoms with Gasteiger partial charge < -0.3 is 9.64 Å². The van der Waals surface area contributed by atoms with E-state index in [9.17, 15) is 0 Å². The first-order chi connectivity index (χ1) is 15.5. The summed E-state index contributed by atoms with van der Waals surface area (Å²) in [4.78, 5) is 1.95. The maximum Gasteiger partial charge on any atom is 0.179 e. The molecule has 0 aliphatic heterocycles. The van der Waals surface area contributed by atoms with Crippen LogP contribution in [0.3, 0.4) is 0 Å². The normalized spacial score (nSPS) is 12.2. The molecule has 1 unspecified atom stereocenters. The molecule has 0 bridgehead atoms. The average molecular weight is 430 g/mol. The molecule has 0 aliphatic rings. The van der Waals surface area contributed by atoms with Gasteiger partial charge in [-0.05, 0) is 50.3 Å². The molecule has 32 heavy (non-hydrogen) atoms. The van der Waals surface area contributed by atoms with Crippen molar-refractivity contribution >= 4 is 16.7 Å². The van der Waals surface area contributed by atoms with Crippen LogP contribution < -0.4 is 9.64 Å². The highest BCUT2D eigenvalue weighted by atomic mass is 16.5. The van der Waals surface area contributed by atoms with Crippen LogP contribution in [0.5, 0.6) is 5.75 Å². The van der Waals surface area contributed by atoms with E-state index in [4.69, 9.17) is 9.84 Å². The molecule has 0 amide bonds. The Morgan fingerprint density at radius 2 is 1.78 bits per heavy atom. The van der Waals surface area contributed by atoms with Crippen molar-refractivity contribution < 1.29 is 4.74 Å². The summed E-state index contributed by atoms with van der Waals surface area (Å²) in [6.45, 7) is 6.96. The van der Waals surface area contributed by atoms with E-state index < -0.39 is 0 Å². The Labute approximate surface area is 189 Å². The molecule has 0 saturated heterocycles. The lowest BCUT2D eigenvalue weighted by Crippen LogP contribution is -2.14. The third kappa shape index (κ3) is 4.44. The number of hydrogen-bond acceptors (Lipinski definition) is 5. The summed E-state index contributed by atoms with van der Waals surface area (Å²) < 4.78 is 8.18. The largest absolute Gasteiger partial charge is 0.493 e. The quantitative estimate of drug-likeness (QED) is 0.388. The zero-order valence-corrected chi connectivity index (χ0v) is 19.5. The molecule has 1 atom stereocenters. The van der Waals surface area contributed by atoms with Gasteiger partial charge in [-0.3, -0.25) is 0 Å². The van der Waals surface area contributed by atoms with Crippen LogP contribution >= 0.6 is 0 Å². The number of anilines is 1. The Bertz CT molecular complexity index is 1200. The second kappa shape index (κ2) is 9.39. The lowest BCUT2D eigenvalue weighted by atomic mass is 9.98. The van der Waals surface area contributed by atoms with Gasteiger partial charge in [0.15, 0.2) is 5.82 Å². The molecular weight excluding hydrogens is 398 g/mol. The summed E-state index contributed by atoms with van der Waals surface area (Å²) in [5, 5.41) is 14.6. The van der Waals surface area contributed by atoms with Crippen molar-refractivity contribution in [2.24, 2.45) is 5.92 Å². The lowest BCUT2D eigenvalue weighted by Gasteiger charge is -2.16. The number of benzene rings is 2. The predicted molar refractivity (Wildman–Crippen MR) is 130 cm³/mol. The second-order valence-electron chi connectivity index (χ2n) is 8.50. The lowest BCUT2D eigenvalue weighted by molar-refractivity contribution is 0.243. The number of nitrogens with zero attached hydrogens (tertiary/aromatic N) is 5. The summed E-state index contributed by atoms with van der Waals surface area (Å²) in [5.41, 5.74) is 5.11. The Balaban J connectivity index is 1.58. The molecular formula is C26H31N5O. The van der Waals surface area contributed by atoms with Gasteiger partial charge >= 0.3 is 0 Å². The van der Waals surface area contributed by atoms with Crippen LogP contribution in [0.15, 0.2) is 54.6 Å². The fourth-order valence-electron chi connectivity index (χ4n) is 4.05. The van der Waals surface area contributed by atoms with Gasteiger partial charge in [-0.15, -0.1) is 5.10 Å². The zero-order chi connectivity index (χ0) is 22.7. The van der Waals surface area contributed by atoms with Gasteiger partial charge in [0, 0.05) is 20.2 Å².